The summed E-state index contributed by atoms with van der Waals surface area (Å²) in [6.45, 7) is 0.832. The predicted molar refractivity (Wildman–Crippen MR) is 116 cm³/mol. The zero-order valence-electron chi connectivity index (χ0n) is 17.0. The van der Waals surface area contributed by atoms with Crippen LogP contribution in [0, 0.1) is 5.82 Å². The number of sulfonamides is 1. The molecule has 0 spiro atoms. The molecule has 0 bridgehead atoms. The SMILES string of the molecule is CN(CCCc1cc(-c2ccc(F)cc2)n[nH]1)CC(=O)Nc1cccc(S(N)(=O)=O)c1. The second kappa shape index (κ2) is 9.82. The molecule has 164 valence electrons. The minimum atomic E-state index is -3.83. The van der Waals surface area contributed by atoms with Gasteiger partial charge < -0.3 is 5.32 Å². The van der Waals surface area contributed by atoms with Gasteiger partial charge in [-0.1, -0.05) is 6.07 Å². The molecule has 1 amide bonds. The van der Waals surface area contributed by atoms with Crippen LogP contribution in [0.3, 0.4) is 0 Å². The molecule has 0 aliphatic carbocycles. The van der Waals surface area contributed by atoms with Crippen LogP contribution >= 0.6 is 0 Å². The number of hydrogen-bond donors (Lipinski definition) is 3. The van der Waals surface area contributed by atoms with Gasteiger partial charge in [0.25, 0.3) is 0 Å². The predicted octanol–water partition coefficient (Wildman–Crippen LogP) is 2.37. The number of anilines is 1. The summed E-state index contributed by atoms with van der Waals surface area (Å²) in [7, 11) is -2.00. The Hall–Kier alpha value is -3.08. The van der Waals surface area contributed by atoms with Gasteiger partial charge in [0.05, 0.1) is 17.1 Å². The number of aromatic amines is 1. The highest BCUT2D eigenvalue weighted by Crippen LogP contribution is 2.18. The van der Waals surface area contributed by atoms with Crippen molar-refractivity contribution in [1.29, 1.82) is 0 Å². The van der Waals surface area contributed by atoms with Gasteiger partial charge in [-0.25, -0.2) is 17.9 Å². The van der Waals surface area contributed by atoms with Gasteiger partial charge in [0, 0.05) is 16.9 Å². The van der Waals surface area contributed by atoms with Crippen LogP contribution in [0.15, 0.2) is 59.5 Å². The summed E-state index contributed by atoms with van der Waals surface area (Å²) in [6.07, 6.45) is 1.55. The number of aromatic nitrogens is 2. The number of nitrogens with zero attached hydrogens (tertiary/aromatic N) is 2. The van der Waals surface area contributed by atoms with E-state index in [-0.39, 0.29) is 23.2 Å². The number of rotatable bonds is 9. The number of aryl methyl sites for hydroxylation is 1. The van der Waals surface area contributed by atoms with E-state index in [4.69, 9.17) is 5.14 Å². The Morgan fingerprint density at radius 3 is 2.65 bits per heavy atom. The number of halogens is 1. The largest absolute Gasteiger partial charge is 0.325 e. The van der Waals surface area contributed by atoms with Crippen molar-refractivity contribution in [2.75, 3.05) is 25.5 Å². The highest BCUT2D eigenvalue weighted by atomic mass is 32.2. The first-order valence-corrected chi connectivity index (χ1v) is 11.2. The van der Waals surface area contributed by atoms with Crippen LogP contribution in [0.25, 0.3) is 11.3 Å². The molecule has 1 aromatic heterocycles. The lowest BCUT2D eigenvalue weighted by molar-refractivity contribution is -0.117. The Bertz CT molecular complexity index is 1150. The van der Waals surface area contributed by atoms with E-state index in [1.807, 2.05) is 18.0 Å². The molecule has 0 saturated carbocycles. The fourth-order valence-corrected chi connectivity index (χ4v) is 3.63. The number of carbonyl (C=O) groups is 1. The third-order valence-electron chi connectivity index (χ3n) is 4.62. The molecule has 8 nitrogen and oxygen atoms in total. The van der Waals surface area contributed by atoms with Gasteiger partial charge in [0.15, 0.2) is 0 Å². The van der Waals surface area contributed by atoms with Crippen LogP contribution in [0.2, 0.25) is 0 Å². The van der Waals surface area contributed by atoms with Crippen LogP contribution in [0.1, 0.15) is 12.1 Å². The number of benzene rings is 2. The van der Waals surface area contributed by atoms with Gasteiger partial charge >= 0.3 is 0 Å². The highest BCUT2D eigenvalue weighted by molar-refractivity contribution is 7.89. The molecule has 10 heteroatoms. The Balaban J connectivity index is 1.45. The topological polar surface area (TPSA) is 121 Å². The van der Waals surface area contributed by atoms with E-state index >= 15 is 0 Å². The van der Waals surface area contributed by atoms with Crippen molar-refractivity contribution in [3.8, 4) is 11.3 Å². The maximum Gasteiger partial charge on any atom is 0.238 e. The number of likely N-dealkylation sites (N-methyl/N-ethyl adjacent to an activating group) is 1. The average molecular weight is 446 g/mol. The summed E-state index contributed by atoms with van der Waals surface area (Å²) in [5, 5.41) is 15.0. The first-order chi connectivity index (χ1) is 14.7. The molecule has 0 aliphatic heterocycles. The van der Waals surface area contributed by atoms with Crippen LogP contribution in [0.5, 0.6) is 0 Å². The lowest BCUT2D eigenvalue weighted by Crippen LogP contribution is -2.31. The van der Waals surface area contributed by atoms with Gasteiger partial charge in [0.1, 0.15) is 5.82 Å². The number of primary sulfonamides is 1. The van der Waals surface area contributed by atoms with Gasteiger partial charge in [0.2, 0.25) is 15.9 Å². The van der Waals surface area contributed by atoms with Crippen molar-refractivity contribution in [2.24, 2.45) is 5.14 Å². The molecule has 3 rings (SSSR count). The zero-order valence-corrected chi connectivity index (χ0v) is 17.8. The van der Waals surface area contributed by atoms with E-state index in [2.05, 4.69) is 15.5 Å². The van der Waals surface area contributed by atoms with Crippen molar-refractivity contribution in [3.63, 3.8) is 0 Å². The summed E-state index contributed by atoms with van der Waals surface area (Å²) in [5.41, 5.74) is 2.92. The smallest absolute Gasteiger partial charge is 0.238 e. The molecule has 4 N–H and O–H groups in total. The second-order valence-corrected chi connectivity index (χ2v) is 8.81. The van der Waals surface area contributed by atoms with E-state index in [9.17, 15) is 17.6 Å². The molecular weight excluding hydrogens is 421 g/mol. The van der Waals surface area contributed by atoms with Crippen molar-refractivity contribution in [2.45, 2.75) is 17.7 Å². The van der Waals surface area contributed by atoms with Gasteiger partial charge in [-0.15, -0.1) is 0 Å². The Morgan fingerprint density at radius 1 is 1.19 bits per heavy atom. The number of amides is 1. The molecule has 0 unspecified atom stereocenters. The summed E-state index contributed by atoms with van der Waals surface area (Å²) in [4.78, 5) is 14.0. The number of nitrogens with two attached hydrogens (primary N) is 1. The van der Waals surface area contributed by atoms with Gasteiger partial charge in [-0.05, 0) is 75.0 Å². The number of hydrogen-bond acceptors (Lipinski definition) is 5. The first-order valence-electron chi connectivity index (χ1n) is 9.62. The maximum absolute atomic E-state index is 13.0. The molecule has 0 atom stereocenters. The molecule has 3 aromatic rings. The second-order valence-electron chi connectivity index (χ2n) is 7.25. The van der Waals surface area contributed by atoms with Gasteiger partial charge in [-0.2, -0.15) is 5.10 Å². The summed E-state index contributed by atoms with van der Waals surface area (Å²) < 4.78 is 35.9. The Kier molecular flexibility index (Phi) is 7.16. The molecule has 0 fully saturated rings. The minimum Gasteiger partial charge on any atom is -0.325 e. The molecule has 2 aromatic carbocycles. The monoisotopic (exact) mass is 445 g/mol. The summed E-state index contributed by atoms with van der Waals surface area (Å²) >= 11 is 0. The lowest BCUT2D eigenvalue weighted by Gasteiger charge is -2.16. The average Bonchev–Trinajstić information content (AvgIpc) is 3.17. The number of nitrogens with one attached hydrogen (secondary N) is 2. The van der Waals surface area contributed by atoms with E-state index < -0.39 is 10.0 Å². The molecular formula is C21H24FN5O3S. The maximum atomic E-state index is 13.0. The summed E-state index contributed by atoms with van der Waals surface area (Å²) in [6, 6.07) is 13.9. The molecule has 31 heavy (non-hydrogen) atoms. The van der Waals surface area contributed by atoms with Crippen LogP contribution < -0.4 is 10.5 Å². The van der Waals surface area contributed by atoms with Crippen LogP contribution in [-0.2, 0) is 21.2 Å². The standard InChI is InChI=1S/C21H24FN5O3S/c1-27(14-21(28)24-17-4-2-6-19(12-17)31(23,29)30)11-3-5-18-13-20(26-25-18)15-7-9-16(22)10-8-15/h2,4,6-10,12-13H,3,5,11,14H2,1H3,(H,24,28)(H,25,26)(H2,23,29,30). The summed E-state index contributed by atoms with van der Waals surface area (Å²) in [5.74, 6) is -0.544. The van der Waals surface area contributed by atoms with E-state index in [0.717, 1.165) is 29.8 Å². The molecule has 1 heterocycles. The van der Waals surface area contributed by atoms with Gasteiger partial charge in [-0.3, -0.25) is 14.8 Å². The van der Waals surface area contributed by atoms with E-state index in [1.165, 1.54) is 30.3 Å². The number of carbonyl (C=O) groups excluding carboxylic acids is 1. The first kappa shape index (κ1) is 22.6. The van der Waals surface area contributed by atoms with Crippen molar-refractivity contribution in [3.05, 3.63) is 66.1 Å². The fraction of sp³-hybridized carbons (Fsp3) is 0.238. The van der Waals surface area contributed by atoms with E-state index in [0.29, 0.717) is 12.2 Å². The van der Waals surface area contributed by atoms with Crippen molar-refractivity contribution in [1.82, 2.24) is 15.1 Å². The quantitative estimate of drug-likeness (QED) is 0.467. The highest BCUT2D eigenvalue weighted by Gasteiger charge is 2.11. The van der Waals surface area contributed by atoms with Crippen LogP contribution in [-0.4, -0.2) is 49.6 Å². The third kappa shape index (κ3) is 6.71. The fourth-order valence-electron chi connectivity index (χ4n) is 3.07. The normalized spacial score (nSPS) is 11.6. The Labute approximate surface area is 180 Å². The molecule has 0 aliphatic rings. The Morgan fingerprint density at radius 2 is 1.94 bits per heavy atom. The third-order valence-corrected chi connectivity index (χ3v) is 5.53. The molecule has 0 saturated heterocycles. The molecule has 0 radical (unpaired) electrons. The van der Waals surface area contributed by atoms with Crippen molar-refractivity contribution >= 4 is 21.6 Å². The lowest BCUT2D eigenvalue weighted by atomic mass is 10.1. The van der Waals surface area contributed by atoms with E-state index in [1.54, 1.807) is 18.2 Å². The van der Waals surface area contributed by atoms with Crippen molar-refractivity contribution < 1.29 is 17.6 Å². The number of H-pyrrole nitrogens is 1. The zero-order chi connectivity index (χ0) is 22.4. The minimum absolute atomic E-state index is 0.0572. The van der Waals surface area contributed by atoms with Crippen LogP contribution in [0.4, 0.5) is 10.1 Å².